The summed E-state index contributed by atoms with van der Waals surface area (Å²) in [6.45, 7) is 0.994. The SMILES string of the molecule is COCCNC(=O)c1cc2ccc(OC)cc2[nH]1. The van der Waals surface area contributed by atoms with Crippen molar-refractivity contribution < 1.29 is 14.3 Å². The fourth-order valence-electron chi connectivity index (χ4n) is 1.72. The first kappa shape index (κ1) is 12.4. The first-order valence-electron chi connectivity index (χ1n) is 5.68. The quantitative estimate of drug-likeness (QED) is 0.789. The van der Waals surface area contributed by atoms with Gasteiger partial charge >= 0.3 is 0 Å². The summed E-state index contributed by atoms with van der Waals surface area (Å²) in [5.41, 5.74) is 1.42. The number of H-pyrrole nitrogens is 1. The third kappa shape index (κ3) is 2.62. The molecule has 0 bridgehead atoms. The van der Waals surface area contributed by atoms with Gasteiger partial charge in [0.15, 0.2) is 0 Å². The number of hydrogen-bond donors (Lipinski definition) is 2. The van der Waals surface area contributed by atoms with Crippen molar-refractivity contribution in [3.8, 4) is 5.75 Å². The van der Waals surface area contributed by atoms with E-state index in [0.717, 1.165) is 16.7 Å². The third-order valence-corrected chi connectivity index (χ3v) is 2.67. The Bertz CT molecular complexity index is 548. The molecule has 1 aromatic carbocycles. The summed E-state index contributed by atoms with van der Waals surface area (Å²) in [5.74, 6) is 0.623. The highest BCUT2D eigenvalue weighted by Crippen LogP contribution is 2.21. The molecule has 2 aromatic rings. The third-order valence-electron chi connectivity index (χ3n) is 2.67. The number of nitrogens with one attached hydrogen (secondary N) is 2. The summed E-state index contributed by atoms with van der Waals surface area (Å²) in [6.07, 6.45) is 0. The Morgan fingerprint density at radius 1 is 1.33 bits per heavy atom. The van der Waals surface area contributed by atoms with E-state index in [-0.39, 0.29) is 5.91 Å². The van der Waals surface area contributed by atoms with Crippen molar-refractivity contribution in [3.05, 3.63) is 30.0 Å². The molecule has 0 saturated carbocycles. The van der Waals surface area contributed by atoms with E-state index in [1.807, 2.05) is 24.3 Å². The van der Waals surface area contributed by atoms with Crippen LogP contribution in [0.4, 0.5) is 0 Å². The summed E-state index contributed by atoms with van der Waals surface area (Å²) in [6, 6.07) is 7.46. The summed E-state index contributed by atoms with van der Waals surface area (Å²) in [7, 11) is 3.21. The van der Waals surface area contributed by atoms with Crippen LogP contribution in [-0.2, 0) is 4.74 Å². The number of carbonyl (C=O) groups is 1. The Balaban J connectivity index is 2.16. The van der Waals surface area contributed by atoms with Crippen LogP contribution in [0.15, 0.2) is 24.3 Å². The lowest BCUT2D eigenvalue weighted by atomic mass is 10.2. The van der Waals surface area contributed by atoms with Gasteiger partial charge in [-0.2, -0.15) is 0 Å². The molecule has 0 radical (unpaired) electrons. The smallest absolute Gasteiger partial charge is 0.267 e. The second-order valence-electron chi connectivity index (χ2n) is 3.88. The normalized spacial score (nSPS) is 10.6. The molecule has 2 rings (SSSR count). The van der Waals surface area contributed by atoms with E-state index in [0.29, 0.717) is 18.8 Å². The zero-order chi connectivity index (χ0) is 13.0. The monoisotopic (exact) mass is 248 g/mol. The number of methoxy groups -OCH3 is 2. The lowest BCUT2D eigenvalue weighted by molar-refractivity contribution is 0.0933. The zero-order valence-corrected chi connectivity index (χ0v) is 10.4. The Labute approximate surface area is 105 Å². The van der Waals surface area contributed by atoms with Crippen LogP contribution in [0.25, 0.3) is 10.9 Å². The largest absolute Gasteiger partial charge is 0.497 e. The van der Waals surface area contributed by atoms with Crippen LogP contribution in [0.3, 0.4) is 0 Å². The molecule has 0 atom stereocenters. The van der Waals surface area contributed by atoms with Crippen molar-refractivity contribution in [3.63, 3.8) is 0 Å². The van der Waals surface area contributed by atoms with Gasteiger partial charge in [0.25, 0.3) is 5.91 Å². The molecule has 0 aliphatic carbocycles. The second-order valence-corrected chi connectivity index (χ2v) is 3.88. The Kier molecular flexibility index (Phi) is 3.84. The number of aromatic amines is 1. The van der Waals surface area contributed by atoms with Crippen molar-refractivity contribution in [2.45, 2.75) is 0 Å². The van der Waals surface area contributed by atoms with E-state index in [2.05, 4.69) is 10.3 Å². The number of benzene rings is 1. The van der Waals surface area contributed by atoms with Gasteiger partial charge in [-0.3, -0.25) is 4.79 Å². The maximum absolute atomic E-state index is 11.8. The standard InChI is InChI=1S/C13H16N2O3/c1-17-6-5-14-13(16)12-7-9-3-4-10(18-2)8-11(9)15-12/h3-4,7-8,15H,5-6H2,1-2H3,(H,14,16). The molecule has 18 heavy (non-hydrogen) atoms. The van der Waals surface area contributed by atoms with Gasteiger partial charge in [-0.1, -0.05) is 0 Å². The van der Waals surface area contributed by atoms with Crippen LogP contribution in [0, 0.1) is 0 Å². The molecule has 2 N–H and O–H groups in total. The molecule has 0 unspecified atom stereocenters. The van der Waals surface area contributed by atoms with Crippen LogP contribution in [0.5, 0.6) is 5.75 Å². The maximum Gasteiger partial charge on any atom is 0.267 e. The summed E-state index contributed by atoms with van der Waals surface area (Å²) in [4.78, 5) is 14.9. The van der Waals surface area contributed by atoms with Crippen LogP contribution in [0.2, 0.25) is 0 Å². The molecule has 1 heterocycles. The summed E-state index contributed by atoms with van der Waals surface area (Å²) >= 11 is 0. The number of carbonyl (C=O) groups excluding carboxylic acids is 1. The highest BCUT2D eigenvalue weighted by molar-refractivity contribution is 5.98. The first-order chi connectivity index (χ1) is 8.74. The summed E-state index contributed by atoms with van der Waals surface area (Å²) in [5, 5.41) is 3.74. The molecule has 0 spiro atoms. The number of hydrogen-bond acceptors (Lipinski definition) is 3. The van der Waals surface area contributed by atoms with Crippen molar-refractivity contribution in [2.75, 3.05) is 27.4 Å². The minimum atomic E-state index is -0.137. The van der Waals surface area contributed by atoms with Gasteiger partial charge in [0.2, 0.25) is 0 Å². The minimum Gasteiger partial charge on any atom is -0.497 e. The fraction of sp³-hybridized carbons (Fsp3) is 0.308. The number of amides is 1. The molecule has 0 aliphatic heterocycles. The average Bonchev–Trinajstić information content (AvgIpc) is 2.81. The molecular weight excluding hydrogens is 232 g/mol. The first-order valence-corrected chi connectivity index (χ1v) is 5.68. The highest BCUT2D eigenvalue weighted by Gasteiger charge is 2.09. The molecular formula is C13H16N2O3. The molecule has 5 heteroatoms. The molecule has 0 saturated heterocycles. The fourth-order valence-corrected chi connectivity index (χ4v) is 1.72. The molecule has 5 nitrogen and oxygen atoms in total. The number of aromatic nitrogens is 1. The highest BCUT2D eigenvalue weighted by atomic mass is 16.5. The topological polar surface area (TPSA) is 63.4 Å². The van der Waals surface area contributed by atoms with Gasteiger partial charge in [0.05, 0.1) is 13.7 Å². The molecule has 0 fully saturated rings. The number of rotatable bonds is 5. The molecule has 96 valence electrons. The zero-order valence-electron chi connectivity index (χ0n) is 10.4. The summed E-state index contributed by atoms with van der Waals surface area (Å²) < 4.78 is 10.0. The Morgan fingerprint density at radius 3 is 2.89 bits per heavy atom. The molecule has 1 aromatic heterocycles. The number of fused-ring (bicyclic) bond motifs is 1. The van der Waals surface area contributed by atoms with Gasteiger partial charge in [0.1, 0.15) is 11.4 Å². The lowest BCUT2D eigenvalue weighted by Crippen LogP contribution is -2.27. The minimum absolute atomic E-state index is 0.137. The second kappa shape index (κ2) is 5.55. The van der Waals surface area contributed by atoms with Crippen LogP contribution < -0.4 is 10.1 Å². The lowest BCUT2D eigenvalue weighted by Gasteiger charge is -2.01. The van der Waals surface area contributed by atoms with E-state index in [9.17, 15) is 4.79 Å². The average molecular weight is 248 g/mol. The van der Waals surface area contributed by atoms with Gasteiger partial charge in [-0.15, -0.1) is 0 Å². The van der Waals surface area contributed by atoms with Gasteiger partial charge < -0.3 is 19.8 Å². The van der Waals surface area contributed by atoms with Crippen molar-refractivity contribution in [2.24, 2.45) is 0 Å². The van der Waals surface area contributed by atoms with E-state index >= 15 is 0 Å². The van der Waals surface area contributed by atoms with E-state index in [1.165, 1.54) is 0 Å². The Hall–Kier alpha value is -2.01. The molecule has 1 amide bonds. The van der Waals surface area contributed by atoms with E-state index < -0.39 is 0 Å². The van der Waals surface area contributed by atoms with Crippen molar-refractivity contribution >= 4 is 16.8 Å². The predicted molar refractivity (Wildman–Crippen MR) is 69.1 cm³/mol. The van der Waals surface area contributed by atoms with Gasteiger partial charge in [-0.25, -0.2) is 0 Å². The number of ether oxygens (including phenoxy) is 2. The van der Waals surface area contributed by atoms with Crippen LogP contribution in [0.1, 0.15) is 10.5 Å². The van der Waals surface area contributed by atoms with Crippen molar-refractivity contribution in [1.29, 1.82) is 0 Å². The maximum atomic E-state index is 11.8. The van der Waals surface area contributed by atoms with Crippen LogP contribution >= 0.6 is 0 Å². The van der Waals surface area contributed by atoms with Gasteiger partial charge in [-0.05, 0) is 18.2 Å². The molecule has 0 aliphatic rings. The Morgan fingerprint density at radius 2 is 2.17 bits per heavy atom. The van der Waals surface area contributed by atoms with Crippen LogP contribution in [-0.4, -0.2) is 38.3 Å². The van der Waals surface area contributed by atoms with E-state index in [1.54, 1.807) is 14.2 Å². The van der Waals surface area contributed by atoms with Crippen molar-refractivity contribution in [1.82, 2.24) is 10.3 Å². The van der Waals surface area contributed by atoms with E-state index in [4.69, 9.17) is 9.47 Å². The van der Waals surface area contributed by atoms with Gasteiger partial charge in [0, 0.05) is 30.6 Å². The predicted octanol–water partition coefficient (Wildman–Crippen LogP) is 1.55.